The Morgan fingerprint density at radius 1 is 0.560 bits per heavy atom. The van der Waals surface area contributed by atoms with Gasteiger partial charge in [-0.1, -0.05) is 84.9 Å². The van der Waals surface area contributed by atoms with E-state index in [4.69, 9.17) is 0 Å². The smallest absolute Gasteiger partial charge is 0.0967 e. The first-order chi connectivity index (χ1) is 12.4. The lowest BCUT2D eigenvalue weighted by Crippen LogP contribution is -1.87. The predicted molar refractivity (Wildman–Crippen MR) is 104 cm³/mol. The number of hydrogen-bond acceptors (Lipinski definition) is 1. The van der Waals surface area contributed by atoms with Crippen LogP contribution in [0.3, 0.4) is 0 Å². The van der Waals surface area contributed by atoms with Crippen molar-refractivity contribution in [2.24, 2.45) is 0 Å². The molecule has 0 bridgehead atoms. The van der Waals surface area contributed by atoms with E-state index in [9.17, 15) is 0 Å². The highest BCUT2D eigenvalue weighted by Crippen LogP contribution is 2.36. The molecule has 0 saturated carbocycles. The zero-order valence-corrected chi connectivity index (χ0v) is 13.6. The van der Waals surface area contributed by atoms with E-state index in [1.54, 1.807) is 6.33 Å². The van der Waals surface area contributed by atoms with Gasteiger partial charge in [0.2, 0.25) is 0 Å². The first kappa shape index (κ1) is 14.0. The van der Waals surface area contributed by atoms with E-state index in [1.165, 1.54) is 27.1 Å². The SMILES string of the molecule is c1ccc2c(-c3nc[nH]c3-c3cccc4ccccc34)cccc2c1. The van der Waals surface area contributed by atoms with Crippen LogP contribution in [0.25, 0.3) is 44.1 Å². The quantitative estimate of drug-likeness (QED) is 0.421. The molecule has 2 heteroatoms. The standard InChI is InChI=1S/C23H16N2/c1-3-11-18-16(7-1)9-5-13-20(18)22-23(25-15-24-22)21-14-6-10-17-8-2-4-12-19(17)21/h1-15H,(H,24,25). The largest absolute Gasteiger partial charge is 0.344 e. The van der Waals surface area contributed by atoms with E-state index < -0.39 is 0 Å². The molecule has 0 saturated heterocycles. The Morgan fingerprint density at radius 3 is 1.84 bits per heavy atom. The van der Waals surface area contributed by atoms with Gasteiger partial charge in [0.05, 0.1) is 17.7 Å². The lowest BCUT2D eigenvalue weighted by atomic mass is 9.96. The second-order valence-electron chi connectivity index (χ2n) is 6.18. The molecule has 0 radical (unpaired) electrons. The van der Waals surface area contributed by atoms with Crippen molar-refractivity contribution in [2.75, 3.05) is 0 Å². The first-order valence-corrected chi connectivity index (χ1v) is 8.41. The van der Waals surface area contributed by atoms with Gasteiger partial charge >= 0.3 is 0 Å². The van der Waals surface area contributed by atoms with Crippen molar-refractivity contribution in [1.82, 2.24) is 9.97 Å². The summed E-state index contributed by atoms with van der Waals surface area (Å²) in [6.45, 7) is 0. The van der Waals surface area contributed by atoms with Gasteiger partial charge in [0, 0.05) is 11.1 Å². The fourth-order valence-corrected chi connectivity index (χ4v) is 3.58. The minimum Gasteiger partial charge on any atom is -0.344 e. The molecule has 118 valence electrons. The second kappa shape index (κ2) is 5.60. The highest BCUT2D eigenvalue weighted by atomic mass is 14.9. The molecule has 25 heavy (non-hydrogen) atoms. The minimum atomic E-state index is 0.994. The second-order valence-corrected chi connectivity index (χ2v) is 6.18. The normalized spacial score (nSPS) is 11.2. The van der Waals surface area contributed by atoms with Crippen LogP contribution in [-0.4, -0.2) is 9.97 Å². The summed E-state index contributed by atoms with van der Waals surface area (Å²) in [4.78, 5) is 8.03. The van der Waals surface area contributed by atoms with Crippen molar-refractivity contribution in [2.45, 2.75) is 0 Å². The number of fused-ring (bicyclic) bond motifs is 2. The summed E-state index contributed by atoms with van der Waals surface area (Å²) in [5.41, 5.74) is 4.39. The van der Waals surface area contributed by atoms with Crippen LogP contribution < -0.4 is 0 Å². The van der Waals surface area contributed by atoms with Crippen LogP contribution in [-0.2, 0) is 0 Å². The van der Waals surface area contributed by atoms with Crippen molar-refractivity contribution < 1.29 is 0 Å². The summed E-state index contributed by atoms with van der Waals surface area (Å²) in [5.74, 6) is 0. The van der Waals surface area contributed by atoms with Gasteiger partial charge in [-0.3, -0.25) is 0 Å². The zero-order chi connectivity index (χ0) is 16.6. The number of nitrogens with one attached hydrogen (secondary N) is 1. The van der Waals surface area contributed by atoms with Gasteiger partial charge in [0.15, 0.2) is 0 Å². The third-order valence-corrected chi connectivity index (χ3v) is 4.74. The summed E-state index contributed by atoms with van der Waals surface area (Å²) >= 11 is 0. The van der Waals surface area contributed by atoms with Crippen molar-refractivity contribution in [3.05, 3.63) is 91.3 Å². The molecular weight excluding hydrogens is 304 g/mol. The molecule has 0 spiro atoms. The summed E-state index contributed by atoms with van der Waals surface area (Å²) < 4.78 is 0. The molecule has 2 nitrogen and oxygen atoms in total. The molecular formula is C23H16N2. The highest BCUT2D eigenvalue weighted by molar-refractivity contribution is 6.03. The molecule has 0 aliphatic carbocycles. The molecule has 5 rings (SSSR count). The highest BCUT2D eigenvalue weighted by Gasteiger charge is 2.14. The summed E-state index contributed by atoms with van der Waals surface area (Å²) in [7, 11) is 0. The predicted octanol–water partition coefficient (Wildman–Crippen LogP) is 6.05. The number of aromatic nitrogens is 2. The Hall–Kier alpha value is -3.39. The van der Waals surface area contributed by atoms with Crippen LogP contribution in [0, 0.1) is 0 Å². The third-order valence-electron chi connectivity index (χ3n) is 4.74. The van der Waals surface area contributed by atoms with E-state index >= 15 is 0 Å². The lowest BCUT2D eigenvalue weighted by molar-refractivity contribution is 1.32. The molecule has 1 heterocycles. The summed E-state index contributed by atoms with van der Waals surface area (Å²) in [5, 5.41) is 4.92. The maximum atomic E-state index is 4.66. The Bertz CT molecular complexity index is 1100. The molecule has 0 amide bonds. The molecule has 0 fully saturated rings. The molecule has 0 unspecified atom stereocenters. The Morgan fingerprint density at radius 2 is 1.12 bits per heavy atom. The van der Waals surface area contributed by atoms with Crippen LogP contribution in [0.1, 0.15) is 0 Å². The maximum Gasteiger partial charge on any atom is 0.0967 e. The van der Waals surface area contributed by atoms with E-state index in [0.29, 0.717) is 0 Å². The lowest BCUT2D eigenvalue weighted by Gasteiger charge is -2.09. The van der Waals surface area contributed by atoms with Gasteiger partial charge in [0.1, 0.15) is 0 Å². The molecule has 5 aromatic rings. The van der Waals surface area contributed by atoms with Gasteiger partial charge in [-0.05, 0) is 21.5 Å². The van der Waals surface area contributed by atoms with Crippen molar-refractivity contribution in [3.63, 3.8) is 0 Å². The van der Waals surface area contributed by atoms with Crippen LogP contribution in [0.4, 0.5) is 0 Å². The van der Waals surface area contributed by atoms with Crippen molar-refractivity contribution >= 4 is 21.5 Å². The third kappa shape index (κ3) is 2.23. The average molecular weight is 320 g/mol. The summed E-state index contributed by atoms with van der Waals surface area (Å²) in [6, 6.07) is 29.7. The number of hydrogen-bond donors (Lipinski definition) is 1. The van der Waals surface area contributed by atoms with Crippen LogP contribution in [0.15, 0.2) is 91.3 Å². The number of imidazole rings is 1. The van der Waals surface area contributed by atoms with Crippen molar-refractivity contribution in [3.8, 4) is 22.5 Å². The molecule has 0 aliphatic rings. The van der Waals surface area contributed by atoms with Gasteiger partial charge in [-0.2, -0.15) is 0 Å². The summed E-state index contributed by atoms with van der Waals surface area (Å²) in [6.07, 6.45) is 1.79. The molecule has 1 N–H and O–H groups in total. The Balaban J connectivity index is 1.80. The Labute approximate surface area is 145 Å². The van der Waals surface area contributed by atoms with Gasteiger partial charge in [0.25, 0.3) is 0 Å². The van der Waals surface area contributed by atoms with E-state index in [0.717, 1.165) is 17.0 Å². The fraction of sp³-hybridized carbons (Fsp3) is 0. The van der Waals surface area contributed by atoms with Crippen LogP contribution in [0.5, 0.6) is 0 Å². The number of benzene rings is 4. The van der Waals surface area contributed by atoms with Crippen molar-refractivity contribution in [1.29, 1.82) is 0 Å². The maximum absolute atomic E-state index is 4.66. The molecule has 1 aromatic heterocycles. The molecule has 4 aromatic carbocycles. The fourth-order valence-electron chi connectivity index (χ4n) is 3.58. The van der Waals surface area contributed by atoms with Gasteiger partial charge in [-0.15, -0.1) is 0 Å². The van der Waals surface area contributed by atoms with Crippen LogP contribution >= 0.6 is 0 Å². The van der Waals surface area contributed by atoms with Gasteiger partial charge < -0.3 is 4.98 Å². The number of nitrogens with zero attached hydrogens (tertiary/aromatic N) is 1. The monoisotopic (exact) mass is 320 g/mol. The van der Waals surface area contributed by atoms with Gasteiger partial charge in [-0.25, -0.2) is 4.98 Å². The topological polar surface area (TPSA) is 28.7 Å². The number of rotatable bonds is 2. The first-order valence-electron chi connectivity index (χ1n) is 8.41. The zero-order valence-electron chi connectivity index (χ0n) is 13.6. The number of aromatic amines is 1. The minimum absolute atomic E-state index is 0.994. The molecule has 0 aliphatic heterocycles. The number of H-pyrrole nitrogens is 1. The van der Waals surface area contributed by atoms with E-state index in [-0.39, 0.29) is 0 Å². The Kier molecular flexibility index (Phi) is 3.14. The average Bonchev–Trinajstić information content (AvgIpc) is 3.16. The van der Waals surface area contributed by atoms with E-state index in [1.807, 2.05) is 0 Å². The van der Waals surface area contributed by atoms with E-state index in [2.05, 4.69) is 94.9 Å². The molecule has 0 atom stereocenters. The van der Waals surface area contributed by atoms with Crippen LogP contribution in [0.2, 0.25) is 0 Å².